The molecule has 7 nitrogen and oxygen atoms in total. The van der Waals surface area contributed by atoms with Crippen molar-refractivity contribution in [2.24, 2.45) is 0 Å². The van der Waals surface area contributed by atoms with Crippen molar-refractivity contribution in [3.8, 4) is 0 Å². The second kappa shape index (κ2) is 8.03. The van der Waals surface area contributed by atoms with Gasteiger partial charge < -0.3 is 4.90 Å². The van der Waals surface area contributed by atoms with E-state index in [4.69, 9.17) is 0 Å². The zero-order valence-corrected chi connectivity index (χ0v) is 16.9. The number of rotatable bonds is 5. The van der Waals surface area contributed by atoms with E-state index in [-0.39, 0.29) is 29.6 Å². The van der Waals surface area contributed by atoms with Gasteiger partial charge in [-0.25, -0.2) is 0 Å². The molecule has 1 aliphatic heterocycles. The van der Waals surface area contributed by atoms with Crippen molar-refractivity contribution < 1.29 is 14.5 Å². The molecule has 0 unspecified atom stereocenters. The molecule has 7 heteroatoms. The minimum absolute atomic E-state index is 0.00721. The zero-order chi connectivity index (χ0) is 21.2. The normalized spacial score (nSPS) is 14.2. The average molecular weight is 395 g/mol. The Labute approximate surface area is 170 Å². The molecule has 152 valence electrons. The third kappa shape index (κ3) is 4.62. The van der Waals surface area contributed by atoms with Gasteiger partial charge in [-0.2, -0.15) is 0 Å². The fraction of sp³-hybridized carbons (Fsp3) is 0.364. The first-order valence-electron chi connectivity index (χ1n) is 9.61. The largest absolute Gasteiger partial charge is 0.324 e. The molecule has 2 amide bonds. The van der Waals surface area contributed by atoms with Gasteiger partial charge in [0.1, 0.15) is 6.67 Å². The number of nitrogens with zero attached hydrogens (tertiary/aromatic N) is 3. The highest BCUT2D eigenvalue weighted by molar-refractivity contribution is 6.06. The second-order valence-corrected chi connectivity index (χ2v) is 8.24. The van der Waals surface area contributed by atoms with Gasteiger partial charge in [-0.3, -0.25) is 24.6 Å². The highest BCUT2D eigenvalue weighted by atomic mass is 16.6. The number of non-ortho nitro benzene ring substituents is 1. The van der Waals surface area contributed by atoms with E-state index in [9.17, 15) is 19.7 Å². The molecule has 0 saturated carbocycles. The maximum atomic E-state index is 13.3. The molecule has 1 heterocycles. The smallest absolute Gasteiger partial charge is 0.269 e. The van der Waals surface area contributed by atoms with Crippen molar-refractivity contribution in [3.05, 3.63) is 69.8 Å². The van der Waals surface area contributed by atoms with Crippen molar-refractivity contribution in [3.63, 3.8) is 0 Å². The first-order valence-corrected chi connectivity index (χ1v) is 9.61. The number of hydrogen-bond donors (Lipinski definition) is 0. The molecule has 1 aliphatic rings. The summed E-state index contributed by atoms with van der Waals surface area (Å²) in [5.41, 5.74) is 2.06. The molecule has 0 aromatic heterocycles. The Morgan fingerprint density at radius 2 is 1.72 bits per heavy atom. The minimum atomic E-state index is -0.481. The third-order valence-corrected chi connectivity index (χ3v) is 5.10. The highest BCUT2D eigenvalue weighted by Crippen LogP contribution is 2.25. The minimum Gasteiger partial charge on any atom is -0.324 e. The van der Waals surface area contributed by atoms with Gasteiger partial charge in [-0.15, -0.1) is 0 Å². The van der Waals surface area contributed by atoms with Gasteiger partial charge >= 0.3 is 0 Å². The van der Waals surface area contributed by atoms with Gasteiger partial charge in [0.05, 0.1) is 4.92 Å². The first-order chi connectivity index (χ1) is 13.7. The summed E-state index contributed by atoms with van der Waals surface area (Å²) in [5.74, 6) is -0.244. The van der Waals surface area contributed by atoms with Gasteiger partial charge in [0, 0.05) is 36.3 Å². The lowest BCUT2D eigenvalue weighted by atomic mass is 9.86. The Bertz CT molecular complexity index is 915. The average Bonchev–Trinajstić information content (AvgIpc) is 3.09. The summed E-state index contributed by atoms with van der Waals surface area (Å²) in [6, 6.07) is 13.2. The van der Waals surface area contributed by atoms with Crippen LogP contribution in [-0.4, -0.2) is 34.9 Å². The number of benzene rings is 2. The number of hydrogen-bond acceptors (Lipinski definition) is 4. The molecule has 1 saturated heterocycles. The third-order valence-electron chi connectivity index (χ3n) is 5.10. The standard InChI is InChI=1S/C22H25N3O4/c1-22(2,3)17-8-6-16(7-9-17)21(27)24(15-23-14-4-5-20(23)26)18-10-12-19(13-11-18)25(28)29/h6-13H,4-5,14-15H2,1-3H3. The number of nitro benzene ring substituents is 1. The molecule has 0 bridgehead atoms. The van der Waals surface area contributed by atoms with Crippen LogP contribution >= 0.6 is 0 Å². The topological polar surface area (TPSA) is 83.8 Å². The van der Waals surface area contributed by atoms with Crippen LogP contribution in [0.2, 0.25) is 0 Å². The molecule has 2 aromatic rings. The summed E-state index contributed by atoms with van der Waals surface area (Å²) in [7, 11) is 0. The molecule has 1 fully saturated rings. The van der Waals surface area contributed by atoms with Gasteiger partial charge in [0.15, 0.2) is 0 Å². The second-order valence-electron chi connectivity index (χ2n) is 8.24. The van der Waals surface area contributed by atoms with Crippen LogP contribution in [0.25, 0.3) is 0 Å². The van der Waals surface area contributed by atoms with E-state index in [0.717, 1.165) is 12.0 Å². The molecule has 0 aliphatic carbocycles. The summed E-state index contributed by atoms with van der Waals surface area (Å²) < 4.78 is 0. The molecule has 0 N–H and O–H groups in total. The van der Waals surface area contributed by atoms with Crippen molar-refractivity contribution in [1.29, 1.82) is 0 Å². The Balaban J connectivity index is 1.92. The fourth-order valence-electron chi connectivity index (χ4n) is 3.31. The number of anilines is 1. The fourth-order valence-corrected chi connectivity index (χ4v) is 3.31. The van der Waals surface area contributed by atoms with Crippen LogP contribution < -0.4 is 4.90 Å². The number of likely N-dealkylation sites (tertiary alicyclic amines) is 1. The summed E-state index contributed by atoms with van der Waals surface area (Å²) in [5, 5.41) is 10.9. The Hall–Kier alpha value is -3.22. The van der Waals surface area contributed by atoms with E-state index < -0.39 is 4.92 Å². The molecule has 3 rings (SSSR count). The van der Waals surface area contributed by atoms with Crippen molar-refractivity contribution in [2.45, 2.75) is 39.0 Å². The number of nitro groups is 1. The summed E-state index contributed by atoms with van der Waals surface area (Å²) >= 11 is 0. The molecular formula is C22H25N3O4. The van der Waals surface area contributed by atoms with Crippen LogP contribution in [0.3, 0.4) is 0 Å². The summed E-state index contributed by atoms with van der Waals surface area (Å²) in [4.78, 5) is 39.0. The number of carbonyl (C=O) groups excluding carboxylic acids is 2. The highest BCUT2D eigenvalue weighted by Gasteiger charge is 2.27. The van der Waals surface area contributed by atoms with Gasteiger partial charge in [0.25, 0.3) is 11.6 Å². The lowest BCUT2D eigenvalue weighted by Gasteiger charge is -2.28. The molecule has 0 spiro atoms. The SMILES string of the molecule is CC(C)(C)c1ccc(C(=O)N(CN2CCCC2=O)c2ccc([N+](=O)[O-])cc2)cc1. The molecule has 2 aromatic carbocycles. The molecule has 29 heavy (non-hydrogen) atoms. The predicted molar refractivity (Wildman–Crippen MR) is 111 cm³/mol. The van der Waals surface area contributed by atoms with Crippen LogP contribution in [0.4, 0.5) is 11.4 Å². The number of amides is 2. The zero-order valence-electron chi connectivity index (χ0n) is 16.9. The van der Waals surface area contributed by atoms with E-state index in [1.165, 1.54) is 17.0 Å². The summed E-state index contributed by atoms with van der Waals surface area (Å²) in [6.45, 7) is 7.03. The van der Waals surface area contributed by atoms with E-state index >= 15 is 0 Å². The predicted octanol–water partition coefficient (Wildman–Crippen LogP) is 4.12. The van der Waals surface area contributed by atoms with Gasteiger partial charge in [-0.1, -0.05) is 32.9 Å². The van der Waals surface area contributed by atoms with Crippen molar-refractivity contribution >= 4 is 23.2 Å². The summed E-state index contributed by atoms with van der Waals surface area (Å²) in [6.07, 6.45) is 1.24. The lowest BCUT2D eigenvalue weighted by molar-refractivity contribution is -0.384. The van der Waals surface area contributed by atoms with E-state index in [2.05, 4.69) is 20.8 Å². The first kappa shape index (κ1) is 20.5. The van der Waals surface area contributed by atoms with Crippen LogP contribution in [-0.2, 0) is 10.2 Å². The van der Waals surface area contributed by atoms with Crippen LogP contribution in [0, 0.1) is 10.1 Å². The maximum absolute atomic E-state index is 13.3. The monoisotopic (exact) mass is 395 g/mol. The van der Waals surface area contributed by atoms with E-state index in [1.807, 2.05) is 12.1 Å². The molecule has 0 radical (unpaired) electrons. The molecular weight excluding hydrogens is 370 g/mol. The lowest BCUT2D eigenvalue weighted by Crippen LogP contribution is -2.42. The quantitative estimate of drug-likeness (QED) is 0.563. The Morgan fingerprint density at radius 3 is 2.21 bits per heavy atom. The Kier molecular flexibility index (Phi) is 5.68. The van der Waals surface area contributed by atoms with E-state index in [0.29, 0.717) is 24.2 Å². The number of carbonyl (C=O) groups is 2. The van der Waals surface area contributed by atoms with Gasteiger partial charge in [-0.05, 0) is 41.7 Å². The Morgan fingerprint density at radius 1 is 1.10 bits per heavy atom. The maximum Gasteiger partial charge on any atom is 0.269 e. The van der Waals surface area contributed by atoms with Crippen LogP contribution in [0.5, 0.6) is 0 Å². The van der Waals surface area contributed by atoms with Gasteiger partial charge in [0.2, 0.25) is 5.91 Å². The molecule has 0 atom stereocenters. The van der Waals surface area contributed by atoms with Crippen molar-refractivity contribution in [1.82, 2.24) is 4.90 Å². The van der Waals surface area contributed by atoms with Crippen LogP contribution in [0.1, 0.15) is 49.5 Å². The van der Waals surface area contributed by atoms with E-state index in [1.54, 1.807) is 29.2 Å². The van der Waals surface area contributed by atoms with Crippen LogP contribution in [0.15, 0.2) is 48.5 Å². The van der Waals surface area contributed by atoms with Crippen molar-refractivity contribution in [2.75, 3.05) is 18.1 Å².